The first-order chi connectivity index (χ1) is 8.45. The number of nitrogens with zero attached hydrogens (tertiary/aromatic N) is 2. The molecule has 2 aromatic rings. The van der Waals surface area contributed by atoms with E-state index < -0.39 is 0 Å². The smallest absolute Gasteiger partial charge is 0.232 e. The van der Waals surface area contributed by atoms with Gasteiger partial charge >= 0.3 is 0 Å². The van der Waals surface area contributed by atoms with Crippen LogP contribution in [0, 0.1) is 5.82 Å². The van der Waals surface area contributed by atoms with Crippen molar-refractivity contribution in [3.63, 3.8) is 0 Å². The van der Waals surface area contributed by atoms with Gasteiger partial charge in [-0.3, -0.25) is 0 Å². The van der Waals surface area contributed by atoms with Crippen LogP contribution in [0.1, 0.15) is 32.5 Å². The molecule has 96 valence electrons. The van der Waals surface area contributed by atoms with Gasteiger partial charge in [-0.15, -0.1) is 11.8 Å². The lowest BCUT2D eigenvalue weighted by Gasteiger charge is -2.10. The molecule has 0 aliphatic carbocycles. The van der Waals surface area contributed by atoms with Crippen LogP contribution in [0.15, 0.2) is 33.7 Å². The maximum absolute atomic E-state index is 12.7. The number of hydrogen-bond donors (Lipinski definition) is 0. The lowest BCUT2D eigenvalue weighted by molar-refractivity contribution is 0.319. The highest BCUT2D eigenvalue weighted by Gasteiger charge is 2.21. The average molecular weight is 266 g/mol. The quantitative estimate of drug-likeness (QED) is 0.792. The molecule has 0 unspecified atom stereocenters. The highest BCUT2D eigenvalue weighted by molar-refractivity contribution is 7.98. The van der Waals surface area contributed by atoms with Crippen molar-refractivity contribution in [2.45, 2.75) is 36.8 Å². The van der Waals surface area contributed by atoms with Gasteiger partial charge in [-0.1, -0.05) is 25.9 Å². The van der Waals surface area contributed by atoms with Gasteiger partial charge < -0.3 is 4.52 Å². The molecule has 0 atom stereocenters. The minimum atomic E-state index is -0.228. The van der Waals surface area contributed by atoms with Gasteiger partial charge in [-0.05, 0) is 24.3 Å². The van der Waals surface area contributed by atoms with E-state index in [-0.39, 0.29) is 11.2 Å². The minimum absolute atomic E-state index is 0.133. The molecule has 0 radical (unpaired) electrons. The van der Waals surface area contributed by atoms with Crippen molar-refractivity contribution in [1.82, 2.24) is 10.1 Å². The Kier molecular flexibility index (Phi) is 3.71. The molecule has 0 aliphatic heterocycles. The van der Waals surface area contributed by atoms with Crippen LogP contribution >= 0.6 is 11.8 Å². The van der Waals surface area contributed by atoms with Crippen LogP contribution < -0.4 is 0 Å². The van der Waals surface area contributed by atoms with Crippen molar-refractivity contribution in [3.05, 3.63) is 41.8 Å². The Morgan fingerprint density at radius 1 is 1.22 bits per heavy atom. The second kappa shape index (κ2) is 5.10. The van der Waals surface area contributed by atoms with Crippen LogP contribution in [0.4, 0.5) is 4.39 Å². The number of aromatic nitrogens is 2. The zero-order chi connectivity index (χ0) is 13.2. The van der Waals surface area contributed by atoms with E-state index >= 15 is 0 Å². The van der Waals surface area contributed by atoms with E-state index in [1.807, 2.05) is 20.8 Å². The highest BCUT2D eigenvalue weighted by Crippen LogP contribution is 2.24. The van der Waals surface area contributed by atoms with Crippen LogP contribution in [0.25, 0.3) is 0 Å². The van der Waals surface area contributed by atoms with E-state index in [4.69, 9.17) is 4.52 Å². The zero-order valence-corrected chi connectivity index (χ0v) is 11.4. The first-order valence-electron chi connectivity index (χ1n) is 5.66. The number of rotatable bonds is 3. The van der Waals surface area contributed by atoms with Crippen molar-refractivity contribution in [3.8, 4) is 0 Å². The van der Waals surface area contributed by atoms with Crippen molar-refractivity contribution < 1.29 is 8.91 Å². The largest absolute Gasteiger partial charge is 0.339 e. The van der Waals surface area contributed by atoms with E-state index in [1.54, 1.807) is 23.9 Å². The molecule has 0 fully saturated rings. The monoisotopic (exact) mass is 266 g/mol. The summed E-state index contributed by atoms with van der Waals surface area (Å²) in [7, 11) is 0. The molecular formula is C13H15FN2OS. The first-order valence-corrected chi connectivity index (χ1v) is 6.65. The highest BCUT2D eigenvalue weighted by atomic mass is 32.2. The standard InChI is InChI=1S/C13H15FN2OS/c1-13(2,3)12-15-11(16-17-12)8-18-10-6-4-9(14)5-7-10/h4-7H,8H2,1-3H3. The Morgan fingerprint density at radius 2 is 1.89 bits per heavy atom. The van der Waals surface area contributed by atoms with Gasteiger partial charge in [-0.25, -0.2) is 4.39 Å². The third-order valence-electron chi connectivity index (χ3n) is 2.29. The minimum Gasteiger partial charge on any atom is -0.339 e. The molecule has 2 rings (SSSR count). The summed E-state index contributed by atoms with van der Waals surface area (Å²) in [6.07, 6.45) is 0. The SMILES string of the molecule is CC(C)(C)c1nc(CSc2ccc(F)cc2)no1. The Balaban J connectivity index is 1.98. The summed E-state index contributed by atoms with van der Waals surface area (Å²) >= 11 is 1.55. The molecule has 0 saturated heterocycles. The Labute approximate surface area is 110 Å². The third-order valence-corrected chi connectivity index (χ3v) is 3.30. The normalized spacial score (nSPS) is 11.8. The molecule has 3 nitrogen and oxygen atoms in total. The predicted octanol–water partition coefficient (Wildman–Crippen LogP) is 3.80. The number of halogens is 1. The van der Waals surface area contributed by atoms with Crippen molar-refractivity contribution >= 4 is 11.8 Å². The number of hydrogen-bond acceptors (Lipinski definition) is 4. The topological polar surface area (TPSA) is 38.9 Å². The molecule has 0 bridgehead atoms. The molecule has 18 heavy (non-hydrogen) atoms. The van der Waals surface area contributed by atoms with Gasteiger partial charge in [0, 0.05) is 10.3 Å². The van der Waals surface area contributed by atoms with Gasteiger partial charge in [-0.2, -0.15) is 4.98 Å². The Bertz CT molecular complexity index is 517. The van der Waals surface area contributed by atoms with Gasteiger partial charge in [0.05, 0.1) is 5.75 Å². The summed E-state index contributed by atoms with van der Waals surface area (Å²) in [6.45, 7) is 6.08. The molecule has 1 aromatic heterocycles. The zero-order valence-electron chi connectivity index (χ0n) is 10.6. The summed E-state index contributed by atoms with van der Waals surface area (Å²) in [6, 6.07) is 6.37. The molecular weight excluding hydrogens is 251 g/mol. The van der Waals surface area contributed by atoms with Crippen LogP contribution in [-0.2, 0) is 11.2 Å². The number of benzene rings is 1. The lowest BCUT2D eigenvalue weighted by Crippen LogP contribution is -2.11. The first kappa shape index (κ1) is 13.1. The fraction of sp³-hybridized carbons (Fsp3) is 0.385. The molecule has 5 heteroatoms. The van der Waals surface area contributed by atoms with Crippen LogP contribution in [0.5, 0.6) is 0 Å². The number of thioether (sulfide) groups is 1. The van der Waals surface area contributed by atoms with Gasteiger partial charge in [0.15, 0.2) is 5.82 Å². The van der Waals surface area contributed by atoms with Gasteiger partial charge in [0.1, 0.15) is 5.82 Å². The van der Waals surface area contributed by atoms with Crippen molar-refractivity contribution in [2.75, 3.05) is 0 Å². The molecule has 1 aromatic carbocycles. The fourth-order valence-corrected chi connectivity index (χ4v) is 2.04. The Hall–Kier alpha value is -1.36. The molecule has 0 saturated carbocycles. The van der Waals surface area contributed by atoms with E-state index in [0.717, 1.165) is 4.90 Å². The van der Waals surface area contributed by atoms with E-state index in [0.29, 0.717) is 17.5 Å². The molecule has 0 spiro atoms. The fourth-order valence-electron chi connectivity index (χ4n) is 1.30. The van der Waals surface area contributed by atoms with Gasteiger partial charge in [0.25, 0.3) is 0 Å². The van der Waals surface area contributed by atoms with Crippen LogP contribution in [0.2, 0.25) is 0 Å². The third kappa shape index (κ3) is 3.32. The van der Waals surface area contributed by atoms with Crippen LogP contribution in [-0.4, -0.2) is 10.1 Å². The Morgan fingerprint density at radius 3 is 2.44 bits per heavy atom. The van der Waals surface area contributed by atoms with Crippen molar-refractivity contribution in [1.29, 1.82) is 0 Å². The summed E-state index contributed by atoms with van der Waals surface area (Å²) in [5.74, 6) is 1.69. The van der Waals surface area contributed by atoms with E-state index in [2.05, 4.69) is 10.1 Å². The predicted molar refractivity (Wildman–Crippen MR) is 69.0 cm³/mol. The summed E-state index contributed by atoms with van der Waals surface area (Å²) < 4.78 is 17.9. The summed E-state index contributed by atoms with van der Waals surface area (Å²) in [5, 5.41) is 3.93. The molecule has 0 amide bonds. The van der Waals surface area contributed by atoms with E-state index in [1.165, 1.54) is 12.1 Å². The summed E-state index contributed by atoms with van der Waals surface area (Å²) in [4.78, 5) is 5.33. The summed E-state index contributed by atoms with van der Waals surface area (Å²) in [5.41, 5.74) is -0.133. The van der Waals surface area contributed by atoms with E-state index in [9.17, 15) is 4.39 Å². The average Bonchev–Trinajstić information content (AvgIpc) is 2.77. The molecule has 1 heterocycles. The second-order valence-electron chi connectivity index (χ2n) is 5.01. The van der Waals surface area contributed by atoms with Crippen LogP contribution in [0.3, 0.4) is 0 Å². The molecule has 0 N–H and O–H groups in total. The van der Waals surface area contributed by atoms with Crippen molar-refractivity contribution in [2.24, 2.45) is 0 Å². The lowest BCUT2D eigenvalue weighted by atomic mass is 9.97. The maximum Gasteiger partial charge on any atom is 0.232 e. The second-order valence-corrected chi connectivity index (χ2v) is 6.06. The maximum atomic E-state index is 12.7. The van der Waals surface area contributed by atoms with Gasteiger partial charge in [0.2, 0.25) is 5.89 Å². The molecule has 0 aliphatic rings.